The maximum Gasteiger partial charge on any atom is 0.283 e. The molecule has 0 fully saturated rings. The summed E-state index contributed by atoms with van der Waals surface area (Å²) in [4.78, 5) is 24.9. The van der Waals surface area contributed by atoms with Crippen LogP contribution in [0.3, 0.4) is 0 Å². The molecule has 1 aliphatic heterocycles. The lowest BCUT2D eigenvalue weighted by Gasteiger charge is -2.30. The molecular formula is C27H22ClN5O2S. The lowest BCUT2D eigenvalue weighted by atomic mass is 10.2. The second-order valence-corrected chi connectivity index (χ2v) is 10.0. The van der Waals surface area contributed by atoms with Crippen molar-refractivity contribution >= 4 is 44.9 Å². The molecule has 0 bridgehead atoms. The summed E-state index contributed by atoms with van der Waals surface area (Å²) in [6, 6.07) is 23.2. The first-order valence-electron chi connectivity index (χ1n) is 11.5. The van der Waals surface area contributed by atoms with E-state index in [0.29, 0.717) is 45.3 Å². The Hall–Kier alpha value is -3.72. The summed E-state index contributed by atoms with van der Waals surface area (Å²) in [7, 11) is 0. The van der Waals surface area contributed by atoms with Crippen LogP contribution >= 0.6 is 22.9 Å². The maximum absolute atomic E-state index is 14.0. The fourth-order valence-corrected chi connectivity index (χ4v) is 5.78. The number of benzene rings is 2. The summed E-state index contributed by atoms with van der Waals surface area (Å²) < 4.78 is 4.55. The van der Waals surface area contributed by atoms with Crippen molar-refractivity contribution < 1.29 is 5.11 Å². The molecule has 1 atom stereocenters. The van der Waals surface area contributed by atoms with Crippen molar-refractivity contribution in [3.8, 4) is 5.13 Å². The highest BCUT2D eigenvalue weighted by atomic mass is 35.5. The van der Waals surface area contributed by atoms with Crippen LogP contribution in [0.5, 0.6) is 0 Å². The van der Waals surface area contributed by atoms with Gasteiger partial charge in [0, 0.05) is 5.70 Å². The monoisotopic (exact) mass is 515 g/mol. The third kappa shape index (κ3) is 3.93. The Kier molecular flexibility index (Phi) is 5.72. The van der Waals surface area contributed by atoms with Gasteiger partial charge in [0.2, 0.25) is 5.13 Å². The number of aliphatic hydroxyl groups excluding tert-OH is 1. The number of hydrogen-bond donors (Lipinski definition) is 1. The predicted molar refractivity (Wildman–Crippen MR) is 142 cm³/mol. The standard InChI is InChI=1S/C27H22ClN5O2S/c1-17-25-21(14-24(34)31(17)16-19-10-7-13-23(28)29-19)32(15-18-8-3-2-4-9-18)33(26(25)35)27-30-20-11-5-6-12-22(20)36-27/h2-14,24,34H,15-16H2,1H3. The van der Waals surface area contributed by atoms with Gasteiger partial charge in [0.25, 0.3) is 5.56 Å². The van der Waals surface area contributed by atoms with Crippen LogP contribution in [-0.2, 0) is 13.1 Å². The van der Waals surface area contributed by atoms with Crippen LogP contribution in [0.2, 0.25) is 5.15 Å². The van der Waals surface area contributed by atoms with Gasteiger partial charge in [-0.2, -0.15) is 4.68 Å². The molecule has 0 radical (unpaired) electrons. The van der Waals surface area contributed by atoms with E-state index >= 15 is 0 Å². The third-order valence-corrected chi connectivity index (χ3v) is 7.57. The first-order chi connectivity index (χ1) is 17.5. The van der Waals surface area contributed by atoms with Gasteiger partial charge in [0.1, 0.15) is 11.4 Å². The molecule has 3 aromatic heterocycles. The highest BCUT2D eigenvalue weighted by Crippen LogP contribution is 2.24. The molecular weight excluding hydrogens is 494 g/mol. The van der Waals surface area contributed by atoms with Crippen LogP contribution in [0.25, 0.3) is 27.1 Å². The van der Waals surface area contributed by atoms with Crippen LogP contribution in [-0.4, -0.2) is 35.6 Å². The second-order valence-electron chi connectivity index (χ2n) is 8.63. The van der Waals surface area contributed by atoms with Crippen LogP contribution in [0.15, 0.2) is 77.6 Å². The minimum atomic E-state index is -0.939. The average Bonchev–Trinajstić information content (AvgIpc) is 3.41. The maximum atomic E-state index is 14.0. The van der Waals surface area contributed by atoms with Crippen molar-refractivity contribution in [2.45, 2.75) is 26.2 Å². The molecule has 0 saturated carbocycles. The number of thiazole rings is 1. The molecule has 4 heterocycles. The van der Waals surface area contributed by atoms with E-state index in [4.69, 9.17) is 16.6 Å². The van der Waals surface area contributed by atoms with Gasteiger partial charge < -0.3 is 10.0 Å². The largest absolute Gasteiger partial charge is 0.370 e. The smallest absolute Gasteiger partial charge is 0.283 e. The molecule has 0 aliphatic carbocycles. The summed E-state index contributed by atoms with van der Waals surface area (Å²) >= 11 is 7.54. The lowest BCUT2D eigenvalue weighted by molar-refractivity contribution is 0.0915. The van der Waals surface area contributed by atoms with Crippen LogP contribution < -0.4 is 16.1 Å². The molecule has 6 rings (SSSR count). The third-order valence-electron chi connectivity index (χ3n) is 6.34. The molecule has 0 amide bonds. The number of halogens is 1. The Bertz CT molecular complexity index is 1740. The zero-order valence-electron chi connectivity index (χ0n) is 19.4. The number of rotatable bonds is 5. The van der Waals surface area contributed by atoms with E-state index in [1.807, 2.05) is 78.3 Å². The van der Waals surface area contributed by atoms with E-state index in [2.05, 4.69) is 4.98 Å². The fraction of sp³-hybridized carbons (Fsp3) is 0.148. The number of hydrogen-bond acceptors (Lipinski definition) is 6. The lowest BCUT2D eigenvalue weighted by Crippen LogP contribution is -2.49. The van der Waals surface area contributed by atoms with E-state index in [1.54, 1.807) is 21.7 Å². The quantitative estimate of drug-likeness (QED) is 0.364. The van der Waals surface area contributed by atoms with E-state index in [0.717, 1.165) is 15.8 Å². The van der Waals surface area contributed by atoms with Gasteiger partial charge in [-0.25, -0.2) is 9.97 Å². The zero-order valence-corrected chi connectivity index (χ0v) is 20.9. The molecule has 1 N–H and O–H groups in total. The van der Waals surface area contributed by atoms with Crippen LogP contribution in [0, 0.1) is 0 Å². The minimum absolute atomic E-state index is 0.176. The molecule has 2 aromatic carbocycles. The molecule has 5 aromatic rings. The Morgan fingerprint density at radius 1 is 0.972 bits per heavy atom. The Morgan fingerprint density at radius 2 is 1.75 bits per heavy atom. The number of fused-ring (bicyclic) bond motifs is 2. The molecule has 9 heteroatoms. The summed E-state index contributed by atoms with van der Waals surface area (Å²) in [5, 5.41) is 13.3. The Morgan fingerprint density at radius 3 is 2.53 bits per heavy atom. The van der Waals surface area contributed by atoms with Gasteiger partial charge in [-0.1, -0.05) is 71.5 Å². The first-order valence-corrected chi connectivity index (χ1v) is 12.7. The minimum Gasteiger partial charge on any atom is -0.370 e. The molecule has 0 saturated heterocycles. The van der Waals surface area contributed by atoms with E-state index < -0.39 is 6.23 Å². The van der Waals surface area contributed by atoms with Crippen molar-refractivity contribution in [3.63, 3.8) is 0 Å². The van der Waals surface area contributed by atoms with E-state index in [1.165, 1.54) is 11.3 Å². The van der Waals surface area contributed by atoms with Crippen molar-refractivity contribution in [1.29, 1.82) is 0 Å². The molecule has 1 aliphatic rings. The molecule has 180 valence electrons. The summed E-state index contributed by atoms with van der Waals surface area (Å²) in [6.07, 6.45) is 0.784. The molecule has 0 spiro atoms. The van der Waals surface area contributed by atoms with Crippen molar-refractivity contribution in [2.75, 3.05) is 0 Å². The zero-order chi connectivity index (χ0) is 24.8. The molecule has 1 unspecified atom stereocenters. The topological polar surface area (TPSA) is 76.2 Å². The SMILES string of the molecule is CC1=c2c(n(Cc3ccccc3)n(-c3nc4ccccc4s3)c2=O)=CC(O)N1Cc1cccc(Cl)n1. The van der Waals surface area contributed by atoms with Gasteiger partial charge >= 0.3 is 0 Å². The summed E-state index contributed by atoms with van der Waals surface area (Å²) in [5.74, 6) is 0. The predicted octanol–water partition coefficient (Wildman–Crippen LogP) is 3.09. The number of aromatic nitrogens is 4. The highest BCUT2D eigenvalue weighted by molar-refractivity contribution is 7.20. The van der Waals surface area contributed by atoms with Crippen molar-refractivity contribution in [3.05, 3.63) is 110 Å². The summed E-state index contributed by atoms with van der Waals surface area (Å²) in [5.41, 5.74) is 3.08. The van der Waals surface area contributed by atoms with Crippen LogP contribution in [0.1, 0.15) is 18.2 Å². The van der Waals surface area contributed by atoms with Gasteiger partial charge in [-0.3, -0.25) is 9.48 Å². The summed E-state index contributed by atoms with van der Waals surface area (Å²) in [6.45, 7) is 2.62. The number of pyridine rings is 1. The van der Waals surface area contributed by atoms with Crippen molar-refractivity contribution in [2.24, 2.45) is 0 Å². The van der Waals surface area contributed by atoms with E-state index in [-0.39, 0.29) is 5.56 Å². The highest BCUT2D eigenvalue weighted by Gasteiger charge is 2.26. The Labute approximate surface area is 215 Å². The van der Waals surface area contributed by atoms with Crippen molar-refractivity contribution in [1.82, 2.24) is 24.2 Å². The average molecular weight is 516 g/mol. The van der Waals surface area contributed by atoms with E-state index in [9.17, 15) is 9.90 Å². The Balaban J connectivity index is 1.57. The number of para-hydroxylation sites is 1. The molecule has 36 heavy (non-hydrogen) atoms. The number of nitrogens with zero attached hydrogens (tertiary/aromatic N) is 5. The van der Waals surface area contributed by atoms with Gasteiger partial charge in [-0.15, -0.1) is 0 Å². The molecule has 7 nitrogen and oxygen atoms in total. The van der Waals surface area contributed by atoms with Gasteiger partial charge in [0.15, 0.2) is 0 Å². The van der Waals surface area contributed by atoms with Crippen LogP contribution in [0.4, 0.5) is 0 Å². The van der Waals surface area contributed by atoms with Gasteiger partial charge in [-0.05, 0) is 42.8 Å². The fourth-order valence-electron chi connectivity index (χ4n) is 4.62. The first kappa shape index (κ1) is 22.7. The van der Waals surface area contributed by atoms with Gasteiger partial charge in [0.05, 0.1) is 39.6 Å². The second kappa shape index (κ2) is 9.05. The number of aliphatic hydroxyl groups is 1. The normalized spacial score (nSPS) is 15.2.